The Hall–Kier alpha value is -0.950. The van der Waals surface area contributed by atoms with Crippen LogP contribution in [0.2, 0.25) is 0 Å². The largest absolute Gasteiger partial charge is 0.389 e. The number of amides is 1. The minimum absolute atomic E-state index is 0.241. The summed E-state index contributed by atoms with van der Waals surface area (Å²) in [6.45, 7) is 1.05. The van der Waals surface area contributed by atoms with E-state index in [9.17, 15) is 18.0 Å². The van der Waals surface area contributed by atoms with E-state index in [0.29, 0.717) is 0 Å². The van der Waals surface area contributed by atoms with Gasteiger partial charge in [0, 0.05) is 12.3 Å². The van der Waals surface area contributed by atoms with Gasteiger partial charge in [-0.15, -0.1) is 0 Å². The smallest absolute Gasteiger partial charge is 0.234 e. The van der Waals surface area contributed by atoms with E-state index in [0.717, 1.165) is 6.26 Å². The van der Waals surface area contributed by atoms with Crippen LogP contribution in [-0.4, -0.2) is 39.5 Å². The number of carbonyl (C=O) groups is 2. The third kappa shape index (κ3) is 5.65. The van der Waals surface area contributed by atoms with Gasteiger partial charge in [0.05, 0.1) is 6.26 Å². The maximum atomic E-state index is 11.1. The molecule has 0 saturated carbocycles. The lowest BCUT2D eigenvalue weighted by molar-refractivity contribution is -0.129. The maximum absolute atomic E-state index is 11.1. The van der Waals surface area contributed by atoms with Crippen molar-refractivity contribution in [1.29, 1.82) is 1.43 Å². The van der Waals surface area contributed by atoms with Gasteiger partial charge in [-0.05, 0) is 0 Å². The molecule has 0 radical (unpaired) electrons. The number of Topliss-reactive ketones (excluding diaryl/α,β-unsaturated/α-hetero) is 1. The summed E-state index contributed by atoms with van der Waals surface area (Å²) >= 11 is 0. The van der Waals surface area contributed by atoms with Gasteiger partial charge >= 0.3 is 0 Å². The van der Waals surface area contributed by atoms with Crippen LogP contribution in [0.3, 0.4) is 0 Å². The quantitative estimate of drug-likeness (QED) is 0.582. The molecule has 1 atom stereocenters. The van der Waals surface area contributed by atoms with Crippen molar-refractivity contribution < 1.29 is 23.1 Å². The molecule has 1 amide bonds. The van der Waals surface area contributed by atoms with Crippen LogP contribution in [0.1, 0.15) is 13.3 Å². The molecule has 0 bridgehead atoms. The van der Waals surface area contributed by atoms with Crippen LogP contribution in [0.25, 0.3) is 0 Å². The van der Waals surface area contributed by atoms with E-state index in [2.05, 4.69) is 5.11 Å². The van der Waals surface area contributed by atoms with Crippen molar-refractivity contribution >= 4 is 21.7 Å². The van der Waals surface area contributed by atoms with Gasteiger partial charge in [0.25, 0.3) is 0 Å². The fraction of sp³-hybridized carbons (Fsp3) is 0.714. The lowest BCUT2D eigenvalue weighted by atomic mass is 10.0. The average molecular weight is 225 g/mol. The number of hydrogen-bond donors (Lipinski definition) is 2. The Kier molecular flexibility index (Phi) is 4.02. The van der Waals surface area contributed by atoms with Crippen molar-refractivity contribution in [3.05, 3.63) is 0 Å². The maximum Gasteiger partial charge on any atom is 0.234 e. The molecule has 0 unspecified atom stereocenters. The summed E-state index contributed by atoms with van der Waals surface area (Å²) in [6.07, 6.45) is 0.611. The highest BCUT2D eigenvalue weighted by atomic mass is 32.2. The molecule has 0 aliphatic rings. The number of nitrogens with one attached hydrogen (secondary N) is 1. The van der Waals surface area contributed by atoms with Crippen LogP contribution < -0.4 is 4.72 Å². The van der Waals surface area contributed by atoms with Crippen molar-refractivity contribution in [2.24, 2.45) is 5.92 Å². The molecule has 2 N–H and O–H groups in total. The molecule has 0 aliphatic carbocycles. The van der Waals surface area contributed by atoms with Gasteiger partial charge < -0.3 is 5.11 Å². The molecule has 0 saturated heterocycles. The van der Waals surface area contributed by atoms with E-state index in [4.69, 9.17) is 1.43 Å². The summed E-state index contributed by atoms with van der Waals surface area (Å²) < 4.78 is 29.4. The van der Waals surface area contributed by atoms with Crippen LogP contribution in [0.15, 0.2) is 0 Å². The molecule has 0 aromatic rings. The Balaban J connectivity index is 4.13. The molecule has 0 aliphatic heterocycles. The normalized spacial score (nSPS) is 14.3. The zero-order valence-corrected chi connectivity index (χ0v) is 8.76. The van der Waals surface area contributed by atoms with Gasteiger partial charge in [-0.1, -0.05) is 6.92 Å². The minimum atomic E-state index is -3.59. The Morgan fingerprint density at radius 3 is 2.57 bits per heavy atom. The zero-order valence-electron chi connectivity index (χ0n) is 8.94. The Morgan fingerprint density at radius 1 is 1.57 bits per heavy atom. The highest BCUT2D eigenvalue weighted by molar-refractivity contribution is 7.89. The van der Waals surface area contributed by atoms with Gasteiger partial charge in [0.1, 0.15) is 6.61 Å². The van der Waals surface area contributed by atoms with Gasteiger partial charge in [0.2, 0.25) is 17.4 Å². The average Bonchev–Trinajstić information content (AvgIpc) is 2.00. The number of carbonyl (C=O) groups excluding carboxylic acids is 2. The van der Waals surface area contributed by atoms with Gasteiger partial charge in [-0.2, -0.15) is 0 Å². The number of hydrogen-bond acceptors (Lipinski definition) is 5. The van der Waals surface area contributed by atoms with E-state index < -0.39 is 34.2 Å². The first-order chi connectivity index (χ1) is 6.76. The van der Waals surface area contributed by atoms with Crippen molar-refractivity contribution in [2.75, 3.05) is 12.9 Å². The Bertz CT molecular complexity index is 339. The predicted molar refractivity (Wildman–Crippen MR) is 48.9 cm³/mol. The molecule has 6 nitrogen and oxygen atoms in total. The Labute approximate surface area is 83.8 Å². The molecule has 0 aromatic carbocycles. The molecule has 0 heterocycles. The summed E-state index contributed by atoms with van der Waals surface area (Å²) in [5, 5.41) is 3.86. The van der Waals surface area contributed by atoms with E-state index in [1.54, 1.807) is 4.72 Å². The SMILES string of the molecule is [3H]OCC(=O)[C@@H](C)CC(=O)NS(C)(=O)=O. The molecule has 0 spiro atoms. The number of aliphatic hydroxyl groups is 1. The lowest BCUT2D eigenvalue weighted by Gasteiger charge is -2.07. The second-order valence-corrected chi connectivity index (χ2v) is 4.76. The fourth-order valence-corrected chi connectivity index (χ4v) is 1.28. The highest BCUT2D eigenvalue weighted by Gasteiger charge is 2.17. The van der Waals surface area contributed by atoms with Crippen LogP contribution >= 0.6 is 0 Å². The molecular weight excluding hydrogens is 210 g/mol. The standard InChI is InChI=1S/C7H13NO5S/c1-5(6(10)4-9)3-7(11)8-14(2,12)13/h5,9H,3-4H2,1-2H3,(H,8,11)/t5-/m0/s1/i9T. The van der Waals surface area contributed by atoms with Crippen LogP contribution in [-0.2, 0) is 19.6 Å². The molecule has 0 aromatic heterocycles. The summed E-state index contributed by atoms with van der Waals surface area (Å²) in [7, 11) is -3.59. The van der Waals surface area contributed by atoms with Crippen molar-refractivity contribution in [3.8, 4) is 0 Å². The summed E-state index contributed by atoms with van der Waals surface area (Å²) in [4.78, 5) is 22.1. The monoisotopic (exact) mass is 225 g/mol. The van der Waals surface area contributed by atoms with Crippen molar-refractivity contribution in [2.45, 2.75) is 13.3 Å². The second-order valence-electron chi connectivity index (χ2n) is 3.01. The predicted octanol–water partition coefficient (Wildman–Crippen LogP) is -1.35. The Morgan fingerprint density at radius 2 is 2.14 bits per heavy atom. The van der Waals surface area contributed by atoms with Gasteiger partial charge in [-0.3, -0.25) is 14.3 Å². The topological polar surface area (TPSA) is 101 Å². The molecule has 7 heteroatoms. The first-order valence-corrected chi connectivity index (χ1v) is 5.77. The summed E-state index contributed by atoms with van der Waals surface area (Å²) in [5.41, 5.74) is 0. The number of rotatable bonds is 6. The summed E-state index contributed by atoms with van der Waals surface area (Å²) in [5.74, 6) is -1.84. The van der Waals surface area contributed by atoms with Gasteiger partial charge in [-0.25, -0.2) is 8.42 Å². The van der Waals surface area contributed by atoms with Crippen LogP contribution in [0.5, 0.6) is 0 Å². The molecule has 0 fully saturated rings. The lowest BCUT2D eigenvalue weighted by Crippen LogP contribution is -2.32. The molecule has 14 heavy (non-hydrogen) atoms. The van der Waals surface area contributed by atoms with Crippen LogP contribution in [0.4, 0.5) is 0 Å². The number of sulfonamides is 1. The molecule has 82 valence electrons. The summed E-state index contributed by atoms with van der Waals surface area (Å²) in [6, 6.07) is 0. The fourth-order valence-electron chi connectivity index (χ4n) is 0.783. The zero-order chi connectivity index (χ0) is 12.1. The first kappa shape index (κ1) is 11.1. The van der Waals surface area contributed by atoms with Crippen LogP contribution in [0, 0.1) is 5.92 Å². The third-order valence-corrected chi connectivity index (χ3v) is 2.08. The number of aliphatic hydroxyl groups excluding tert-OH is 1. The second kappa shape index (κ2) is 5.06. The van der Waals surface area contributed by atoms with E-state index in [-0.39, 0.29) is 6.42 Å². The van der Waals surface area contributed by atoms with E-state index >= 15 is 0 Å². The number of ketones is 1. The van der Waals surface area contributed by atoms with E-state index in [1.165, 1.54) is 6.92 Å². The first-order valence-electron chi connectivity index (χ1n) is 4.28. The van der Waals surface area contributed by atoms with Gasteiger partial charge in [0.15, 0.2) is 5.78 Å². The molecule has 0 rings (SSSR count). The highest BCUT2D eigenvalue weighted by Crippen LogP contribution is 2.02. The third-order valence-electron chi connectivity index (χ3n) is 1.48. The van der Waals surface area contributed by atoms with Crippen molar-refractivity contribution in [1.82, 2.24) is 4.72 Å². The minimum Gasteiger partial charge on any atom is -0.389 e. The van der Waals surface area contributed by atoms with E-state index in [1.807, 2.05) is 0 Å². The molecular formula is C7H13NO5S. The van der Waals surface area contributed by atoms with Crippen molar-refractivity contribution in [3.63, 3.8) is 0 Å².